The Morgan fingerprint density at radius 3 is 2.58 bits per heavy atom. The van der Waals surface area contributed by atoms with E-state index in [1.807, 2.05) is 42.7 Å². The van der Waals surface area contributed by atoms with Crippen LogP contribution in [-0.4, -0.2) is 63.7 Å². The first kappa shape index (κ1) is 23.4. The van der Waals surface area contributed by atoms with E-state index in [1.165, 1.54) is 23.9 Å². The number of thioether (sulfide) groups is 1. The molecule has 1 N–H and O–H groups in total. The number of anilines is 1. The highest BCUT2D eigenvalue weighted by atomic mass is 32.2. The Bertz CT molecular complexity index is 1080. The predicted molar refractivity (Wildman–Crippen MR) is 128 cm³/mol. The van der Waals surface area contributed by atoms with E-state index in [-0.39, 0.29) is 17.0 Å². The molecule has 0 radical (unpaired) electrons. The molecule has 0 saturated carbocycles. The first-order valence-electron chi connectivity index (χ1n) is 11.0. The second-order valence-corrected chi connectivity index (χ2v) is 9.29. The Morgan fingerprint density at radius 2 is 1.85 bits per heavy atom. The van der Waals surface area contributed by atoms with E-state index in [0.717, 1.165) is 49.7 Å². The van der Waals surface area contributed by atoms with Gasteiger partial charge in [-0.25, -0.2) is 4.39 Å². The molecule has 4 rings (SSSR count). The van der Waals surface area contributed by atoms with Gasteiger partial charge in [-0.2, -0.15) is 0 Å². The van der Waals surface area contributed by atoms with Gasteiger partial charge in [0.05, 0.1) is 18.5 Å². The molecule has 1 atom stereocenters. The molecule has 1 aromatic heterocycles. The molecular formula is C24H28FN5O2S. The first-order valence-corrected chi connectivity index (χ1v) is 11.9. The lowest BCUT2D eigenvalue weighted by Gasteiger charge is -2.27. The molecule has 33 heavy (non-hydrogen) atoms. The number of aromatic nitrogens is 3. The van der Waals surface area contributed by atoms with Crippen LogP contribution in [-0.2, 0) is 16.1 Å². The summed E-state index contributed by atoms with van der Waals surface area (Å²) in [5.74, 6) is 0.270. The molecule has 1 aliphatic heterocycles. The van der Waals surface area contributed by atoms with Crippen LogP contribution in [0.3, 0.4) is 0 Å². The predicted octanol–water partition coefficient (Wildman–Crippen LogP) is 3.84. The minimum absolute atomic E-state index is 0.0969. The van der Waals surface area contributed by atoms with E-state index in [2.05, 4.69) is 20.4 Å². The number of hydrogen-bond donors (Lipinski definition) is 1. The van der Waals surface area contributed by atoms with E-state index < -0.39 is 0 Å². The Morgan fingerprint density at radius 1 is 1.12 bits per heavy atom. The fraction of sp³-hybridized carbons (Fsp3) is 0.375. The molecule has 3 aromatic rings. The monoisotopic (exact) mass is 469 g/mol. The molecule has 0 bridgehead atoms. The van der Waals surface area contributed by atoms with Crippen molar-refractivity contribution in [1.29, 1.82) is 0 Å². The molecular weight excluding hydrogens is 441 g/mol. The third-order valence-electron chi connectivity index (χ3n) is 5.62. The number of amides is 1. The van der Waals surface area contributed by atoms with Crippen LogP contribution in [0.5, 0.6) is 0 Å². The van der Waals surface area contributed by atoms with Crippen molar-refractivity contribution in [2.75, 3.05) is 38.2 Å². The zero-order valence-electron chi connectivity index (χ0n) is 18.8. The molecule has 174 valence electrons. The lowest BCUT2D eigenvalue weighted by Crippen LogP contribution is -2.38. The van der Waals surface area contributed by atoms with Crippen LogP contribution in [0.2, 0.25) is 0 Å². The van der Waals surface area contributed by atoms with Gasteiger partial charge in [0.2, 0.25) is 5.91 Å². The molecule has 2 heterocycles. The zero-order chi connectivity index (χ0) is 23.2. The number of ether oxygens (including phenoxy) is 1. The van der Waals surface area contributed by atoms with Gasteiger partial charge in [0.25, 0.3) is 0 Å². The number of nitrogens with zero attached hydrogens (tertiary/aromatic N) is 4. The van der Waals surface area contributed by atoms with Crippen molar-refractivity contribution in [3.8, 4) is 11.4 Å². The van der Waals surface area contributed by atoms with Gasteiger partial charge >= 0.3 is 0 Å². The summed E-state index contributed by atoms with van der Waals surface area (Å²) in [5.41, 5.74) is 2.60. The van der Waals surface area contributed by atoms with Gasteiger partial charge in [0.1, 0.15) is 5.82 Å². The molecule has 1 aliphatic rings. The topological polar surface area (TPSA) is 72.3 Å². The highest BCUT2D eigenvalue weighted by molar-refractivity contribution is 8.00. The van der Waals surface area contributed by atoms with Crippen molar-refractivity contribution in [2.45, 2.75) is 30.8 Å². The number of benzene rings is 2. The number of morpholine rings is 1. The lowest BCUT2D eigenvalue weighted by atomic mass is 10.2. The van der Waals surface area contributed by atoms with E-state index in [4.69, 9.17) is 4.74 Å². The van der Waals surface area contributed by atoms with Crippen molar-refractivity contribution in [3.05, 3.63) is 59.9 Å². The van der Waals surface area contributed by atoms with E-state index in [9.17, 15) is 9.18 Å². The van der Waals surface area contributed by atoms with Crippen LogP contribution >= 0.6 is 11.8 Å². The molecule has 2 aromatic carbocycles. The van der Waals surface area contributed by atoms with Gasteiger partial charge in [-0.15, -0.1) is 10.2 Å². The fourth-order valence-corrected chi connectivity index (χ4v) is 4.49. The molecule has 0 spiro atoms. The molecule has 1 amide bonds. The lowest BCUT2D eigenvalue weighted by molar-refractivity contribution is -0.115. The van der Waals surface area contributed by atoms with Crippen molar-refractivity contribution in [1.82, 2.24) is 19.7 Å². The van der Waals surface area contributed by atoms with Gasteiger partial charge in [-0.05, 0) is 49.7 Å². The maximum Gasteiger partial charge on any atom is 0.237 e. The van der Waals surface area contributed by atoms with Crippen molar-refractivity contribution < 1.29 is 13.9 Å². The average Bonchev–Trinajstić information content (AvgIpc) is 3.22. The molecule has 7 nitrogen and oxygen atoms in total. The standard InChI is InChI=1S/C24H28FN5O2S/c1-17-5-3-4-6-21(17)26-23(31)18(2)33-24-28-27-22(19-7-9-20(25)10-8-19)30(24)12-11-29-13-15-32-16-14-29/h3-10,18H,11-16H2,1-2H3,(H,26,31). The number of aryl methyl sites for hydroxylation is 1. The quantitative estimate of drug-likeness (QED) is 0.506. The molecule has 1 fully saturated rings. The minimum Gasteiger partial charge on any atom is -0.379 e. The number of hydrogen-bond acceptors (Lipinski definition) is 6. The summed E-state index contributed by atoms with van der Waals surface area (Å²) in [5, 5.41) is 12.1. The highest BCUT2D eigenvalue weighted by Crippen LogP contribution is 2.28. The van der Waals surface area contributed by atoms with Gasteiger partial charge < -0.3 is 14.6 Å². The number of nitrogens with one attached hydrogen (secondary N) is 1. The van der Waals surface area contributed by atoms with Crippen molar-refractivity contribution in [2.24, 2.45) is 0 Å². The largest absolute Gasteiger partial charge is 0.379 e. The highest BCUT2D eigenvalue weighted by Gasteiger charge is 2.22. The fourth-order valence-electron chi connectivity index (χ4n) is 3.62. The molecule has 1 saturated heterocycles. The summed E-state index contributed by atoms with van der Waals surface area (Å²) in [6.45, 7) is 8.51. The summed E-state index contributed by atoms with van der Waals surface area (Å²) in [6, 6.07) is 13.9. The van der Waals surface area contributed by atoms with Crippen LogP contribution in [0.4, 0.5) is 10.1 Å². The summed E-state index contributed by atoms with van der Waals surface area (Å²) in [6.07, 6.45) is 0. The number of halogens is 1. The molecule has 1 unspecified atom stereocenters. The average molecular weight is 470 g/mol. The van der Waals surface area contributed by atoms with Crippen LogP contribution in [0, 0.1) is 12.7 Å². The van der Waals surface area contributed by atoms with Gasteiger partial charge in [-0.1, -0.05) is 30.0 Å². The molecule has 9 heteroatoms. The Balaban J connectivity index is 1.52. The molecule has 0 aliphatic carbocycles. The van der Waals surface area contributed by atoms with Crippen molar-refractivity contribution >= 4 is 23.4 Å². The summed E-state index contributed by atoms with van der Waals surface area (Å²) in [4.78, 5) is 15.2. The smallest absolute Gasteiger partial charge is 0.237 e. The summed E-state index contributed by atoms with van der Waals surface area (Å²) >= 11 is 1.37. The summed E-state index contributed by atoms with van der Waals surface area (Å²) < 4.78 is 20.9. The number of carbonyl (C=O) groups is 1. The SMILES string of the molecule is Cc1ccccc1NC(=O)C(C)Sc1nnc(-c2ccc(F)cc2)n1CCN1CCOCC1. The third-order valence-corrected chi connectivity index (χ3v) is 6.70. The van der Waals surface area contributed by atoms with E-state index in [1.54, 1.807) is 12.1 Å². The van der Waals surface area contributed by atoms with Crippen LogP contribution < -0.4 is 5.32 Å². The second-order valence-electron chi connectivity index (χ2n) is 7.98. The maximum atomic E-state index is 13.5. The number of rotatable bonds is 8. The summed E-state index contributed by atoms with van der Waals surface area (Å²) in [7, 11) is 0. The Hall–Kier alpha value is -2.75. The first-order chi connectivity index (χ1) is 16.0. The zero-order valence-corrected chi connectivity index (χ0v) is 19.6. The van der Waals surface area contributed by atoms with Gasteiger partial charge in [0, 0.05) is 37.4 Å². The Labute approximate surface area is 197 Å². The maximum absolute atomic E-state index is 13.5. The van der Waals surface area contributed by atoms with Crippen LogP contribution in [0.25, 0.3) is 11.4 Å². The van der Waals surface area contributed by atoms with Gasteiger partial charge in [-0.3, -0.25) is 9.69 Å². The van der Waals surface area contributed by atoms with Crippen molar-refractivity contribution in [3.63, 3.8) is 0 Å². The minimum atomic E-state index is -0.378. The van der Waals surface area contributed by atoms with E-state index >= 15 is 0 Å². The van der Waals surface area contributed by atoms with Crippen LogP contribution in [0.1, 0.15) is 12.5 Å². The Kier molecular flexibility index (Phi) is 7.74. The van der Waals surface area contributed by atoms with Crippen LogP contribution in [0.15, 0.2) is 53.7 Å². The third kappa shape index (κ3) is 5.98. The second kappa shape index (κ2) is 10.9. The normalized spacial score (nSPS) is 15.4. The van der Waals surface area contributed by atoms with E-state index in [0.29, 0.717) is 17.5 Å². The van der Waals surface area contributed by atoms with Gasteiger partial charge in [0.15, 0.2) is 11.0 Å². The number of para-hydroxylation sites is 1. The number of carbonyl (C=O) groups excluding carboxylic acids is 1.